The van der Waals surface area contributed by atoms with Gasteiger partial charge < -0.3 is 5.11 Å². The summed E-state index contributed by atoms with van der Waals surface area (Å²) in [5.74, 6) is -0.161. The number of hydrogen-bond donors (Lipinski definition) is 2. The molecule has 0 saturated carbocycles. The van der Waals surface area contributed by atoms with E-state index in [4.69, 9.17) is 28.3 Å². The number of anilines is 1. The molecular formula is C10H13Cl2NO3S. The van der Waals surface area contributed by atoms with Gasteiger partial charge in [-0.2, -0.15) is 0 Å². The molecule has 0 aromatic heterocycles. The molecule has 0 atom stereocenters. The molecule has 1 rings (SSSR count). The summed E-state index contributed by atoms with van der Waals surface area (Å²) in [6, 6.07) is 3.06. The predicted molar refractivity (Wildman–Crippen MR) is 70.3 cm³/mol. The van der Waals surface area contributed by atoms with Crippen molar-refractivity contribution in [1.29, 1.82) is 0 Å². The van der Waals surface area contributed by atoms with E-state index in [-0.39, 0.29) is 24.5 Å². The minimum atomic E-state index is -3.50. The molecule has 2 N–H and O–H groups in total. The number of aliphatic hydroxyl groups excluding tert-OH is 1. The molecule has 0 aliphatic rings. The zero-order valence-electron chi connectivity index (χ0n) is 9.20. The quantitative estimate of drug-likeness (QED) is 0.877. The Morgan fingerprint density at radius 2 is 1.94 bits per heavy atom. The number of hydrogen-bond acceptors (Lipinski definition) is 3. The van der Waals surface area contributed by atoms with Gasteiger partial charge in [0.05, 0.1) is 16.5 Å². The Labute approximate surface area is 111 Å². The first kappa shape index (κ1) is 14.6. The van der Waals surface area contributed by atoms with E-state index in [1.54, 1.807) is 13.0 Å². The van der Waals surface area contributed by atoms with E-state index in [1.165, 1.54) is 6.07 Å². The van der Waals surface area contributed by atoms with Gasteiger partial charge in [-0.15, -0.1) is 0 Å². The largest absolute Gasteiger partial charge is 0.396 e. The van der Waals surface area contributed by atoms with Gasteiger partial charge in [-0.3, -0.25) is 4.72 Å². The third kappa shape index (κ3) is 4.35. The van der Waals surface area contributed by atoms with E-state index in [1.807, 2.05) is 0 Å². The molecule has 0 aliphatic heterocycles. The highest BCUT2D eigenvalue weighted by atomic mass is 35.5. The minimum Gasteiger partial charge on any atom is -0.396 e. The lowest BCUT2D eigenvalue weighted by atomic mass is 10.2. The average Bonchev–Trinajstić information content (AvgIpc) is 2.23. The fourth-order valence-electron chi connectivity index (χ4n) is 1.20. The molecule has 1 aromatic rings. The van der Waals surface area contributed by atoms with Crippen molar-refractivity contribution in [3.8, 4) is 0 Å². The van der Waals surface area contributed by atoms with Crippen molar-refractivity contribution in [2.45, 2.75) is 13.3 Å². The molecular weight excluding hydrogens is 285 g/mol. The van der Waals surface area contributed by atoms with Crippen LogP contribution in [0.4, 0.5) is 5.69 Å². The van der Waals surface area contributed by atoms with Gasteiger partial charge in [0, 0.05) is 11.6 Å². The zero-order chi connectivity index (χ0) is 13.1. The summed E-state index contributed by atoms with van der Waals surface area (Å²) in [6.45, 7) is 1.60. The highest BCUT2D eigenvalue weighted by molar-refractivity contribution is 7.92. The van der Waals surface area contributed by atoms with Crippen LogP contribution < -0.4 is 4.72 Å². The van der Waals surface area contributed by atoms with Gasteiger partial charge in [0.15, 0.2) is 0 Å². The molecule has 0 amide bonds. The lowest BCUT2D eigenvalue weighted by Crippen LogP contribution is -2.17. The second-order valence-electron chi connectivity index (χ2n) is 3.58. The summed E-state index contributed by atoms with van der Waals surface area (Å²) < 4.78 is 25.5. The summed E-state index contributed by atoms with van der Waals surface area (Å²) in [7, 11) is -3.50. The Morgan fingerprint density at radius 3 is 2.53 bits per heavy atom. The smallest absolute Gasteiger partial charge is 0.232 e. The van der Waals surface area contributed by atoms with Crippen molar-refractivity contribution in [3.63, 3.8) is 0 Å². The van der Waals surface area contributed by atoms with Crippen LogP contribution in [0.5, 0.6) is 0 Å². The highest BCUT2D eigenvalue weighted by Crippen LogP contribution is 2.29. The predicted octanol–water partition coefficient (Wildman–Crippen LogP) is 2.43. The van der Waals surface area contributed by atoms with Crippen molar-refractivity contribution in [2.24, 2.45) is 0 Å². The van der Waals surface area contributed by atoms with Gasteiger partial charge in [0.2, 0.25) is 10.0 Å². The molecule has 0 bridgehead atoms. The van der Waals surface area contributed by atoms with E-state index < -0.39 is 10.0 Å². The van der Waals surface area contributed by atoms with Gasteiger partial charge >= 0.3 is 0 Å². The number of benzene rings is 1. The van der Waals surface area contributed by atoms with Gasteiger partial charge in [-0.25, -0.2) is 8.42 Å². The van der Waals surface area contributed by atoms with Crippen LogP contribution in [-0.4, -0.2) is 25.9 Å². The third-order valence-electron chi connectivity index (χ3n) is 2.08. The van der Waals surface area contributed by atoms with Crippen LogP contribution in [0, 0.1) is 6.92 Å². The third-order valence-corrected chi connectivity index (χ3v) is 4.16. The lowest BCUT2D eigenvalue weighted by molar-refractivity contribution is 0.295. The average molecular weight is 298 g/mol. The van der Waals surface area contributed by atoms with Crippen LogP contribution in [0.15, 0.2) is 12.1 Å². The van der Waals surface area contributed by atoms with Gasteiger partial charge in [0.25, 0.3) is 0 Å². The molecule has 0 saturated heterocycles. The SMILES string of the molecule is Cc1cc(Cl)c(NS(=O)(=O)CCCO)cc1Cl. The van der Waals surface area contributed by atoms with Gasteiger partial charge in [0.1, 0.15) is 0 Å². The summed E-state index contributed by atoms with van der Waals surface area (Å²) in [6.07, 6.45) is 0.173. The minimum absolute atomic E-state index is 0.161. The number of aliphatic hydroxyl groups is 1. The molecule has 0 heterocycles. The van der Waals surface area contributed by atoms with Crippen molar-refractivity contribution >= 4 is 38.9 Å². The van der Waals surface area contributed by atoms with Gasteiger partial charge in [-0.1, -0.05) is 23.2 Å². The summed E-state index contributed by atoms with van der Waals surface area (Å²) >= 11 is 11.8. The highest BCUT2D eigenvalue weighted by Gasteiger charge is 2.13. The molecule has 17 heavy (non-hydrogen) atoms. The Kier molecular flexibility index (Phi) is 5.06. The number of rotatable bonds is 5. The van der Waals surface area contributed by atoms with Crippen molar-refractivity contribution in [2.75, 3.05) is 17.1 Å². The standard InChI is InChI=1S/C10H13Cl2NO3S/c1-7-5-9(12)10(6-8(7)11)13-17(15,16)4-2-3-14/h5-6,13-14H,2-4H2,1H3. The second-order valence-corrected chi connectivity index (χ2v) is 6.24. The van der Waals surface area contributed by atoms with Crippen LogP contribution in [-0.2, 0) is 10.0 Å². The molecule has 0 unspecified atom stereocenters. The summed E-state index contributed by atoms with van der Waals surface area (Å²) in [5.41, 5.74) is 1.02. The molecule has 4 nitrogen and oxygen atoms in total. The van der Waals surface area contributed by atoms with E-state index in [0.717, 1.165) is 5.56 Å². The first-order chi connectivity index (χ1) is 7.85. The van der Waals surface area contributed by atoms with Crippen LogP contribution in [0.1, 0.15) is 12.0 Å². The number of sulfonamides is 1. The maximum absolute atomic E-state index is 11.6. The second kappa shape index (κ2) is 5.91. The maximum Gasteiger partial charge on any atom is 0.232 e. The Bertz CT molecular complexity index is 503. The molecule has 0 radical (unpaired) electrons. The lowest BCUT2D eigenvalue weighted by Gasteiger charge is -2.10. The monoisotopic (exact) mass is 297 g/mol. The van der Waals surface area contributed by atoms with Crippen LogP contribution in [0.3, 0.4) is 0 Å². The summed E-state index contributed by atoms with van der Waals surface area (Å²) in [4.78, 5) is 0. The van der Waals surface area contributed by atoms with Crippen LogP contribution in [0.2, 0.25) is 10.0 Å². The number of nitrogens with one attached hydrogen (secondary N) is 1. The van der Waals surface area contributed by atoms with E-state index >= 15 is 0 Å². The number of aryl methyl sites for hydroxylation is 1. The zero-order valence-corrected chi connectivity index (χ0v) is 11.5. The fourth-order valence-corrected chi connectivity index (χ4v) is 2.80. The van der Waals surface area contributed by atoms with Crippen molar-refractivity contribution in [1.82, 2.24) is 0 Å². The van der Waals surface area contributed by atoms with E-state index in [9.17, 15) is 8.42 Å². The normalized spacial score (nSPS) is 11.5. The van der Waals surface area contributed by atoms with Crippen molar-refractivity contribution in [3.05, 3.63) is 27.7 Å². The Balaban J connectivity index is 2.92. The van der Waals surface area contributed by atoms with Crippen LogP contribution >= 0.6 is 23.2 Å². The Morgan fingerprint density at radius 1 is 1.29 bits per heavy atom. The molecule has 0 aliphatic carbocycles. The van der Waals surface area contributed by atoms with E-state index in [0.29, 0.717) is 10.0 Å². The number of halogens is 2. The van der Waals surface area contributed by atoms with Gasteiger partial charge in [-0.05, 0) is 31.0 Å². The fraction of sp³-hybridized carbons (Fsp3) is 0.400. The van der Waals surface area contributed by atoms with E-state index in [2.05, 4.69) is 4.72 Å². The van der Waals surface area contributed by atoms with Crippen LogP contribution in [0.25, 0.3) is 0 Å². The topological polar surface area (TPSA) is 66.4 Å². The molecule has 7 heteroatoms. The summed E-state index contributed by atoms with van der Waals surface area (Å²) in [5, 5.41) is 9.32. The molecule has 0 spiro atoms. The first-order valence-corrected chi connectivity index (χ1v) is 7.33. The maximum atomic E-state index is 11.6. The molecule has 1 aromatic carbocycles. The Hall–Kier alpha value is -0.490. The molecule has 96 valence electrons. The molecule has 0 fully saturated rings. The van der Waals surface area contributed by atoms with Crippen molar-refractivity contribution < 1.29 is 13.5 Å². The first-order valence-electron chi connectivity index (χ1n) is 4.93.